The summed E-state index contributed by atoms with van der Waals surface area (Å²) in [6.07, 6.45) is 7.02. The summed E-state index contributed by atoms with van der Waals surface area (Å²) in [4.78, 5) is 6.27. The third-order valence-electron chi connectivity index (χ3n) is 14.3. The van der Waals surface area contributed by atoms with Crippen LogP contribution in [0.2, 0.25) is 0 Å². The number of aryl methyl sites for hydroxylation is 1. The van der Waals surface area contributed by atoms with E-state index < -0.39 is 0 Å². The first-order valence-electron chi connectivity index (χ1n) is 40.2. The minimum Gasteiger partial charge on any atom is -0.493 e. The van der Waals surface area contributed by atoms with Crippen molar-refractivity contribution in [1.82, 2.24) is 9.88 Å². The summed E-state index contributed by atoms with van der Waals surface area (Å²) < 4.78 is 12.0. The highest BCUT2D eigenvalue weighted by molar-refractivity contribution is 5.85. The molecule has 147 heavy (non-hydrogen) atoms. The minimum absolute atomic E-state index is 0.372. The van der Waals surface area contributed by atoms with E-state index in [4.69, 9.17) is 15.9 Å². The summed E-state index contributed by atoms with van der Waals surface area (Å²) in [5.74, 6) is 284. The second-order valence-corrected chi connectivity index (χ2v) is 23.3. The number of nitrogens with zero attached hydrogens (tertiary/aromatic N) is 1. The lowest BCUT2D eigenvalue weighted by Crippen LogP contribution is -2.39. The van der Waals surface area contributed by atoms with Crippen LogP contribution in [-0.4, -0.2) is 23.5 Å². The van der Waals surface area contributed by atoms with E-state index in [1.54, 1.807) is 14.0 Å². The Morgan fingerprint density at radius 1 is 0.272 bits per heavy atom. The molecule has 1 aromatic heterocycles. The normalized spacial score (nSPS) is 6.91. The fourth-order valence-electron chi connectivity index (χ4n) is 8.91. The highest BCUT2D eigenvalue weighted by atomic mass is 16.5. The van der Waals surface area contributed by atoms with Crippen molar-refractivity contribution in [3.63, 3.8) is 0 Å². The van der Waals surface area contributed by atoms with Crippen LogP contribution in [0.1, 0.15) is 46.5 Å². The van der Waals surface area contributed by atoms with Crippen molar-refractivity contribution < 1.29 is 9.47 Å². The summed E-state index contributed by atoms with van der Waals surface area (Å²) in [5.41, 5.74) is 9.30. The van der Waals surface area contributed by atoms with Crippen molar-refractivity contribution in [2.75, 3.05) is 13.7 Å². The van der Waals surface area contributed by atoms with Crippen molar-refractivity contribution in [3.05, 3.63) is 94.2 Å². The lowest BCUT2D eigenvalue weighted by molar-refractivity contribution is 0.158. The number of H-pyrrole nitrogens is 1. The average molecular weight is 1810 g/mol. The molecule has 0 spiro atoms. The molecule has 1 atom stereocenters. The van der Waals surface area contributed by atoms with Gasteiger partial charge in [0.15, 0.2) is 11.5 Å². The molecule has 4 aromatic rings. The van der Waals surface area contributed by atoms with E-state index in [-0.39, 0.29) is 0 Å². The minimum atomic E-state index is 0.372. The molecule has 6 rings (SSSR count). The van der Waals surface area contributed by atoms with Crippen LogP contribution in [0.15, 0.2) is 60.7 Å². The first-order chi connectivity index (χ1) is 73.1. The zero-order valence-corrected chi connectivity index (χ0v) is 76.7. The Bertz CT molecular complexity index is 10200. The second-order valence-electron chi connectivity index (χ2n) is 23.3. The Kier molecular flexibility index (Phi) is 61.9. The van der Waals surface area contributed by atoms with E-state index >= 15 is 0 Å². The lowest BCUT2D eigenvalue weighted by Gasteiger charge is -2.40. The number of ether oxygens (including phenoxy) is 2. The Labute approximate surface area is 864 Å². The number of rotatable bonds is 4. The number of aromatic nitrogens is 1. The van der Waals surface area contributed by atoms with E-state index in [1.165, 1.54) is 44.4 Å². The highest BCUT2D eigenvalue weighted by Crippen LogP contribution is 2.44. The molecule has 0 bridgehead atoms. The maximum atomic E-state index is 6.32. The van der Waals surface area contributed by atoms with Crippen LogP contribution in [0.3, 0.4) is 0 Å². The first-order valence-corrected chi connectivity index (χ1v) is 40.2. The van der Waals surface area contributed by atoms with Gasteiger partial charge in [0.2, 0.25) is 0 Å². The van der Waals surface area contributed by atoms with Crippen molar-refractivity contribution in [1.29, 1.82) is 0 Å². The van der Waals surface area contributed by atoms with E-state index in [9.17, 15) is 0 Å². The number of hydrogen-bond donors (Lipinski definition) is 1. The molecule has 0 amide bonds. The quantitative estimate of drug-likeness (QED) is 0.236. The van der Waals surface area contributed by atoms with E-state index in [0.717, 1.165) is 37.4 Å². The van der Waals surface area contributed by atoms with E-state index in [0.29, 0.717) is 12.6 Å². The zero-order chi connectivity index (χ0) is 104. The predicted molar refractivity (Wildman–Crippen MR) is 577 cm³/mol. The maximum Gasteiger partial charge on any atom is 0.162 e. The summed E-state index contributed by atoms with van der Waals surface area (Å²) in [5, 5.41) is 1.36. The number of methoxy groups -OCH3 is 1. The second kappa shape index (κ2) is 83.3. The first kappa shape index (κ1) is 109. The smallest absolute Gasteiger partial charge is 0.162 e. The molecular weight excluding hydrogens is 1780 g/mol. The predicted octanol–water partition coefficient (Wildman–Crippen LogP) is 6.55. The van der Waals surface area contributed by atoms with E-state index in [1.807, 2.05) is 0 Å². The maximum absolute atomic E-state index is 6.32. The third kappa shape index (κ3) is 60.2. The molecule has 2 aliphatic heterocycles. The molecule has 0 aliphatic carbocycles. The fourth-order valence-corrected chi connectivity index (χ4v) is 8.91. The van der Waals surface area contributed by atoms with Gasteiger partial charge in [-0.25, -0.2) is 0 Å². The SMILES string of the molecule is C#CC#CC#CC#CC#CC#CC#CC#CC#CC#CC#CC#CC#CC#CC#CC#CC#CC#CC#CC#CC#CC#CC#CC#CC#CC#CC#CC#CC#CC#CC#CC#CC#CC#CC#CC#CC#CC#CC#CC#CC#CC#CC#CC#CC#CC#CC#CC#CC#CC#CC#CC#CC#CC#CC#CC#CC#CC.COc1cc2c(cc1OCc1ccccc1C)C1Cc3c([nH]c4ccccc34)CN1CC2. The van der Waals surface area contributed by atoms with Crippen LogP contribution in [0, 0.1) is 682 Å². The van der Waals surface area contributed by atoms with Crippen LogP contribution in [0.25, 0.3) is 10.9 Å². The number of para-hydroxylation sites is 1. The van der Waals surface area contributed by atoms with Gasteiger partial charge in [0, 0.05) is 604 Å². The number of benzene rings is 3. The van der Waals surface area contributed by atoms with Crippen molar-refractivity contribution in [3.8, 4) is 687 Å². The van der Waals surface area contributed by atoms with Crippen LogP contribution in [-0.2, 0) is 26.0 Å². The van der Waals surface area contributed by atoms with Gasteiger partial charge in [-0.05, 0) is 167 Å². The van der Waals surface area contributed by atoms with Crippen LogP contribution < -0.4 is 9.47 Å². The van der Waals surface area contributed by atoms with E-state index in [2.05, 4.69) is 746 Å². The molecule has 2 aliphatic rings. The summed E-state index contributed by atoms with van der Waals surface area (Å²) in [7, 11) is 1.73. The number of fused-ring (bicyclic) bond motifs is 6. The highest BCUT2D eigenvalue weighted by Gasteiger charge is 2.35. The van der Waals surface area contributed by atoms with Crippen molar-refractivity contribution in [2.24, 2.45) is 0 Å². The molecule has 4 nitrogen and oxygen atoms in total. The molecule has 0 radical (unpaired) electrons. The van der Waals surface area contributed by atoms with Crippen LogP contribution in [0.5, 0.6) is 11.5 Å². The number of hydrogen-bond acceptors (Lipinski definition) is 3. The van der Waals surface area contributed by atoms with Gasteiger partial charge < -0.3 is 14.5 Å². The van der Waals surface area contributed by atoms with Gasteiger partial charge >= 0.3 is 0 Å². The van der Waals surface area contributed by atoms with Gasteiger partial charge in [-0.2, -0.15) is 0 Å². The molecule has 626 valence electrons. The number of nitrogens with one attached hydrogen (secondary N) is 1. The van der Waals surface area contributed by atoms with Crippen LogP contribution in [0.4, 0.5) is 0 Å². The molecule has 0 fully saturated rings. The number of aromatic amines is 1. The topological polar surface area (TPSA) is 37.5 Å². The Morgan fingerprint density at radius 2 is 0.490 bits per heavy atom. The van der Waals surface area contributed by atoms with Gasteiger partial charge in [-0.1, -0.05) is 48.4 Å². The standard InChI is InChI=1S/C115H4.C28H28N2O2/c1-3-5-7-9-11-13-15-17-19-21-23-25-27-29-31-33-35-37-39-41-43-45-47-49-51-53-55-57-59-61-63-65-67-69-71-73-75-77-79-81-83-85-87-89-91-93-95-97-99-101-103-105-107-109-111-113-115-114-112-110-108-106-104-102-100-98-96-94-92-90-88-86-84-82-80-78-76-74-72-70-68-66-64-62-60-58-56-54-52-50-48-46-44-42-40-38-36-34-32-30-28-26-24-22-20-18-16-14-12-10-8-6-4-2;1-18-7-3-4-8-20(18)17-32-28-15-22-19(13-27(28)31-2)11-12-30-16-25-23(14-26(22)30)21-9-5-6-10-24(21)29-25/h1H,2H3;3-10,13,15,26,29H,11-12,14,16-17H2,1-2H3. The largest absolute Gasteiger partial charge is 0.493 e. The fraction of sp³-hybridized carbons (Fsp3) is 0.0629. The Balaban J connectivity index is 0.000000978. The van der Waals surface area contributed by atoms with Crippen molar-refractivity contribution in [2.45, 2.75) is 45.9 Å². The average Bonchev–Trinajstić information content (AvgIpc) is 1.66. The monoisotopic (exact) mass is 1810 g/mol. The zero-order valence-electron chi connectivity index (χ0n) is 76.7. The Hall–Kier alpha value is -28.3. The van der Waals surface area contributed by atoms with Gasteiger partial charge in [0.05, 0.1) is 7.11 Å². The molecule has 4 heteroatoms. The van der Waals surface area contributed by atoms with Gasteiger partial charge in [-0.3, -0.25) is 4.90 Å². The molecule has 3 aromatic carbocycles. The molecule has 3 heterocycles. The number of terminal acetylenes is 1. The summed E-state index contributed by atoms with van der Waals surface area (Å²) in [6.45, 7) is 6.39. The third-order valence-corrected chi connectivity index (χ3v) is 14.3. The Morgan fingerprint density at radius 3 is 0.714 bits per heavy atom. The molecule has 0 saturated carbocycles. The molecule has 1 unspecified atom stereocenters. The van der Waals surface area contributed by atoms with Gasteiger partial charge in [0.1, 0.15) is 6.61 Å². The van der Waals surface area contributed by atoms with Gasteiger partial charge in [-0.15, -0.1) is 6.42 Å². The van der Waals surface area contributed by atoms with Gasteiger partial charge in [0.25, 0.3) is 0 Å². The summed E-state index contributed by atoms with van der Waals surface area (Å²) >= 11 is 0. The molecule has 1 N–H and O–H groups in total. The summed E-state index contributed by atoms with van der Waals surface area (Å²) in [6, 6.07) is 21.9. The van der Waals surface area contributed by atoms with Crippen molar-refractivity contribution >= 4 is 10.9 Å². The molecule has 0 saturated heterocycles. The molecular formula is C143H32N2O2. The van der Waals surface area contributed by atoms with Crippen LogP contribution >= 0.6 is 0 Å². The lowest BCUT2D eigenvalue weighted by atomic mass is 9.85.